The number of benzene rings is 1. The zero-order valence-electron chi connectivity index (χ0n) is 14.8. The average molecular weight is 391 g/mol. The molecule has 4 rings (SSSR count). The fraction of sp³-hybridized carbons (Fsp3) is 0.316. The Hall–Kier alpha value is -3.10. The number of carbonyl (C=O) groups excluding carboxylic acids is 1. The summed E-state index contributed by atoms with van der Waals surface area (Å²) in [6.07, 6.45) is -1.48. The average Bonchev–Trinajstić information content (AvgIpc) is 3.05. The molecule has 2 N–H and O–H groups in total. The van der Waals surface area contributed by atoms with Crippen LogP contribution < -0.4 is 10.6 Å². The molecule has 2 heterocycles. The zero-order valence-corrected chi connectivity index (χ0v) is 14.8. The van der Waals surface area contributed by atoms with Crippen LogP contribution in [0, 0.1) is 0 Å². The van der Waals surface area contributed by atoms with Gasteiger partial charge in [0.2, 0.25) is 5.95 Å². The number of hydrogen-bond donors (Lipinski definition) is 2. The number of halogens is 3. The molecule has 1 atom stereocenters. The minimum atomic E-state index is -4.37. The molecule has 0 saturated heterocycles. The predicted molar refractivity (Wildman–Crippen MR) is 101 cm³/mol. The van der Waals surface area contributed by atoms with E-state index in [1.807, 2.05) is 12.1 Å². The van der Waals surface area contributed by atoms with E-state index in [-0.39, 0.29) is 19.2 Å². The van der Waals surface area contributed by atoms with Gasteiger partial charge in [0, 0.05) is 26.0 Å². The third-order valence-electron chi connectivity index (χ3n) is 4.66. The van der Waals surface area contributed by atoms with Gasteiger partial charge in [-0.25, -0.2) is 0 Å². The van der Waals surface area contributed by atoms with Crippen molar-refractivity contribution in [2.45, 2.75) is 37.9 Å². The molecule has 1 aliphatic rings. The number of nitrogens with one attached hydrogen (secondary N) is 2. The van der Waals surface area contributed by atoms with Gasteiger partial charge in [-0.05, 0) is 49.2 Å². The van der Waals surface area contributed by atoms with Crippen LogP contribution in [0.25, 0.3) is 5.65 Å². The van der Waals surface area contributed by atoms with Crippen LogP contribution in [0.2, 0.25) is 0 Å². The van der Waals surface area contributed by atoms with Gasteiger partial charge >= 0.3 is 6.18 Å². The van der Waals surface area contributed by atoms with E-state index in [0.29, 0.717) is 30.0 Å². The van der Waals surface area contributed by atoms with Crippen molar-refractivity contribution in [1.29, 1.82) is 0 Å². The number of fused-ring (bicyclic) bond motifs is 1. The molecule has 6 nitrogen and oxygen atoms in total. The number of carbonyl (C=O) groups is 1. The van der Waals surface area contributed by atoms with Crippen LogP contribution in [0.1, 0.15) is 32.7 Å². The van der Waals surface area contributed by atoms with Crippen LogP contribution in [0.15, 0.2) is 42.5 Å². The Bertz CT molecular complexity index is 1000. The number of hydrogen-bond acceptors (Lipinski definition) is 5. The molecule has 9 heteroatoms. The molecule has 1 saturated carbocycles. The van der Waals surface area contributed by atoms with Gasteiger partial charge in [0.05, 0.1) is 5.56 Å². The van der Waals surface area contributed by atoms with Crippen LogP contribution in [-0.4, -0.2) is 26.4 Å². The molecule has 3 aromatic rings. The second kappa shape index (κ2) is 7.14. The third kappa shape index (κ3) is 3.92. The monoisotopic (exact) mass is 391 g/mol. The second-order valence-electron chi connectivity index (χ2n) is 6.79. The summed E-state index contributed by atoms with van der Waals surface area (Å²) >= 11 is 0. The summed E-state index contributed by atoms with van der Waals surface area (Å²) in [4.78, 5) is 16.0. The van der Waals surface area contributed by atoms with E-state index in [0.717, 1.165) is 25.0 Å². The van der Waals surface area contributed by atoms with Gasteiger partial charge in [0.15, 0.2) is 5.65 Å². The van der Waals surface area contributed by atoms with E-state index in [4.69, 9.17) is 0 Å². The highest BCUT2D eigenvalue weighted by Gasteiger charge is 2.30. The fourth-order valence-corrected chi connectivity index (χ4v) is 3.30. The Morgan fingerprint density at radius 3 is 2.64 bits per heavy atom. The van der Waals surface area contributed by atoms with Crippen molar-refractivity contribution in [3.8, 4) is 0 Å². The summed E-state index contributed by atoms with van der Waals surface area (Å²) in [5.74, 6) is 1.23. The number of rotatable bonds is 4. The molecule has 0 aliphatic heterocycles. The van der Waals surface area contributed by atoms with Crippen molar-refractivity contribution in [2.24, 2.45) is 0 Å². The molecule has 0 unspecified atom stereocenters. The highest BCUT2D eigenvalue weighted by Crippen LogP contribution is 2.30. The van der Waals surface area contributed by atoms with Crippen LogP contribution >= 0.6 is 0 Å². The largest absolute Gasteiger partial charge is 0.416 e. The topological polar surface area (TPSA) is 71.3 Å². The standard InChI is InChI=1S/C19H18F3N5O.H2/c20-19(21,22)12-7-9-13(10-8-12)24-18-25-17-6-2-5-16(27(17)26-18)23-14-3-1-4-15(28)11-14;/h2,5-10,14,23H,1,3-4,11H2,(H,24,26);1H/t14-;/m0./s1. The summed E-state index contributed by atoms with van der Waals surface area (Å²) in [5, 5.41) is 10.6. The molecular formula is C19H20F3N5O. The number of aromatic nitrogens is 3. The lowest BCUT2D eigenvalue weighted by molar-refractivity contribution is -0.137. The van der Waals surface area contributed by atoms with Crippen molar-refractivity contribution in [3.63, 3.8) is 0 Å². The summed E-state index contributed by atoms with van der Waals surface area (Å²) in [5.41, 5.74) is 0.326. The van der Waals surface area contributed by atoms with Crippen LogP contribution in [-0.2, 0) is 11.0 Å². The fourth-order valence-electron chi connectivity index (χ4n) is 3.30. The molecule has 28 heavy (non-hydrogen) atoms. The van der Waals surface area contributed by atoms with Crippen molar-refractivity contribution in [3.05, 3.63) is 48.0 Å². The van der Waals surface area contributed by atoms with Gasteiger partial charge in [-0.2, -0.15) is 22.7 Å². The summed E-state index contributed by atoms with van der Waals surface area (Å²) < 4.78 is 39.6. The number of alkyl halides is 3. The highest BCUT2D eigenvalue weighted by molar-refractivity contribution is 5.80. The van der Waals surface area contributed by atoms with Crippen molar-refractivity contribution in [1.82, 2.24) is 14.6 Å². The first-order valence-electron chi connectivity index (χ1n) is 8.97. The van der Waals surface area contributed by atoms with Gasteiger partial charge < -0.3 is 10.6 Å². The lowest BCUT2D eigenvalue weighted by Gasteiger charge is -2.23. The molecule has 0 spiro atoms. The Kier molecular flexibility index (Phi) is 4.66. The Balaban J connectivity index is 0.00000240. The van der Waals surface area contributed by atoms with E-state index < -0.39 is 11.7 Å². The first-order chi connectivity index (χ1) is 13.4. The van der Waals surface area contributed by atoms with E-state index in [1.165, 1.54) is 12.1 Å². The SMILES string of the molecule is O=C1CCC[C@H](Nc2cccc3nc(Nc4ccc(C(F)(F)F)cc4)nn23)C1.[HH]. The molecule has 2 aromatic heterocycles. The number of Topliss-reactive ketones (excluding diaryl/α,β-unsaturated/α-hetero) is 1. The van der Waals surface area contributed by atoms with Crippen LogP contribution in [0.4, 0.5) is 30.6 Å². The molecule has 0 radical (unpaired) electrons. The molecule has 148 valence electrons. The summed E-state index contributed by atoms with van der Waals surface area (Å²) in [6.45, 7) is 0. The zero-order chi connectivity index (χ0) is 19.7. The molecular weight excluding hydrogens is 371 g/mol. The van der Waals surface area contributed by atoms with Crippen molar-refractivity contribution in [2.75, 3.05) is 10.6 Å². The second-order valence-corrected chi connectivity index (χ2v) is 6.79. The quantitative estimate of drug-likeness (QED) is 0.677. The number of anilines is 3. The predicted octanol–water partition coefficient (Wildman–Crippen LogP) is 4.66. The van der Waals surface area contributed by atoms with Crippen molar-refractivity contribution >= 4 is 28.9 Å². The van der Waals surface area contributed by atoms with Gasteiger partial charge in [0.25, 0.3) is 0 Å². The van der Waals surface area contributed by atoms with Crippen LogP contribution in [0.3, 0.4) is 0 Å². The maximum atomic E-state index is 12.7. The van der Waals surface area contributed by atoms with E-state index in [9.17, 15) is 18.0 Å². The lowest BCUT2D eigenvalue weighted by atomic mass is 9.94. The normalized spacial score (nSPS) is 17.7. The van der Waals surface area contributed by atoms with Crippen LogP contribution in [0.5, 0.6) is 0 Å². The smallest absolute Gasteiger partial charge is 0.367 e. The van der Waals surface area contributed by atoms with Crippen molar-refractivity contribution < 1.29 is 19.4 Å². The number of pyridine rings is 1. The maximum Gasteiger partial charge on any atom is 0.416 e. The minimum Gasteiger partial charge on any atom is -0.367 e. The van der Waals surface area contributed by atoms with Gasteiger partial charge in [0.1, 0.15) is 11.6 Å². The summed E-state index contributed by atoms with van der Waals surface area (Å²) in [6, 6.07) is 10.2. The van der Waals surface area contributed by atoms with E-state index >= 15 is 0 Å². The molecule has 1 aromatic carbocycles. The highest BCUT2D eigenvalue weighted by atomic mass is 19.4. The molecule has 0 bridgehead atoms. The Labute approximate surface area is 160 Å². The van der Waals surface area contributed by atoms with E-state index in [2.05, 4.69) is 20.7 Å². The molecule has 0 amide bonds. The lowest BCUT2D eigenvalue weighted by Crippen LogP contribution is -2.28. The van der Waals surface area contributed by atoms with Gasteiger partial charge in [-0.3, -0.25) is 4.79 Å². The van der Waals surface area contributed by atoms with Gasteiger partial charge in [-0.15, -0.1) is 5.10 Å². The molecule has 1 fully saturated rings. The first-order valence-corrected chi connectivity index (χ1v) is 8.97. The Morgan fingerprint density at radius 2 is 1.93 bits per heavy atom. The maximum absolute atomic E-state index is 12.7. The van der Waals surface area contributed by atoms with E-state index in [1.54, 1.807) is 10.6 Å². The third-order valence-corrected chi connectivity index (χ3v) is 4.66. The Morgan fingerprint density at radius 1 is 1.14 bits per heavy atom. The first kappa shape index (κ1) is 18.3. The number of nitrogens with zero attached hydrogens (tertiary/aromatic N) is 3. The summed E-state index contributed by atoms with van der Waals surface area (Å²) in [7, 11) is 0. The number of ketones is 1. The minimum absolute atomic E-state index is 0. The molecule has 1 aliphatic carbocycles. The van der Waals surface area contributed by atoms with Gasteiger partial charge in [-0.1, -0.05) is 6.07 Å².